The zero-order valence-corrected chi connectivity index (χ0v) is 24.6. The van der Waals surface area contributed by atoms with Gasteiger partial charge >= 0.3 is 6.18 Å². The van der Waals surface area contributed by atoms with Crippen LogP contribution in [0.5, 0.6) is 5.75 Å². The van der Waals surface area contributed by atoms with Crippen LogP contribution in [0.3, 0.4) is 0 Å². The average Bonchev–Trinajstić information content (AvgIpc) is 2.86. The lowest BCUT2D eigenvalue weighted by atomic mass is 9.98. The van der Waals surface area contributed by atoms with E-state index in [0.29, 0.717) is 30.8 Å². The van der Waals surface area contributed by atoms with Crippen molar-refractivity contribution < 1.29 is 31.4 Å². The zero-order valence-electron chi connectivity index (χ0n) is 23.0. The van der Waals surface area contributed by atoms with E-state index in [1.807, 2.05) is 35.2 Å². The molecule has 0 aromatic heterocycles. The second kappa shape index (κ2) is 12.9. The van der Waals surface area contributed by atoms with Gasteiger partial charge in [-0.25, -0.2) is 8.42 Å². The SMILES string of the molecule is CC(CN(CCCOc1ccc(C(C)(C)O)c(S(C)(=O)=O)c1)Cc1cccc(C(F)(F)F)c1Cl)c1ccccc1. The Hall–Kier alpha value is -2.59. The molecule has 0 spiro atoms. The van der Waals surface area contributed by atoms with E-state index >= 15 is 0 Å². The van der Waals surface area contributed by atoms with Gasteiger partial charge in [0.05, 0.1) is 27.7 Å². The third kappa shape index (κ3) is 8.70. The maximum absolute atomic E-state index is 13.4. The van der Waals surface area contributed by atoms with Gasteiger partial charge < -0.3 is 9.84 Å². The van der Waals surface area contributed by atoms with Crippen molar-refractivity contribution in [3.63, 3.8) is 0 Å². The van der Waals surface area contributed by atoms with Crippen LogP contribution in [0.2, 0.25) is 5.02 Å². The number of nitrogens with zero attached hydrogens (tertiary/aromatic N) is 1. The molecule has 0 saturated carbocycles. The van der Waals surface area contributed by atoms with E-state index in [2.05, 4.69) is 6.92 Å². The van der Waals surface area contributed by atoms with E-state index in [1.54, 1.807) is 12.1 Å². The summed E-state index contributed by atoms with van der Waals surface area (Å²) in [5.74, 6) is 0.456. The number of rotatable bonds is 12. The maximum atomic E-state index is 13.4. The van der Waals surface area contributed by atoms with E-state index in [-0.39, 0.29) is 34.6 Å². The largest absolute Gasteiger partial charge is 0.494 e. The van der Waals surface area contributed by atoms with Crippen LogP contribution in [0.1, 0.15) is 55.4 Å². The zero-order chi connectivity index (χ0) is 29.7. The Morgan fingerprint density at radius 2 is 1.68 bits per heavy atom. The van der Waals surface area contributed by atoms with Gasteiger partial charge in [0.15, 0.2) is 9.84 Å². The van der Waals surface area contributed by atoms with Crippen molar-refractivity contribution in [3.05, 3.63) is 94.0 Å². The predicted octanol–water partition coefficient (Wildman–Crippen LogP) is 7.06. The van der Waals surface area contributed by atoms with Gasteiger partial charge in [-0.05, 0) is 55.5 Å². The van der Waals surface area contributed by atoms with Crippen molar-refractivity contribution in [2.75, 3.05) is 26.0 Å². The standard InChI is InChI=1S/C30H35ClF3NO4S/c1-21(22-10-6-5-7-11-22)19-35(20-23-12-8-13-26(28(23)31)30(32,33)34)16-9-17-39-24-14-15-25(29(2,3)36)27(18-24)40(4,37)38/h5-8,10-15,18,21,36H,9,16-17,19-20H2,1-4H3. The van der Waals surface area contributed by atoms with Crippen LogP contribution in [0, 0.1) is 0 Å². The topological polar surface area (TPSA) is 66.8 Å². The van der Waals surface area contributed by atoms with Crippen molar-refractivity contribution in [2.45, 2.75) is 56.3 Å². The van der Waals surface area contributed by atoms with Gasteiger partial charge in [-0.15, -0.1) is 0 Å². The molecule has 1 N–H and O–H groups in total. The van der Waals surface area contributed by atoms with E-state index in [1.165, 1.54) is 32.0 Å². The summed E-state index contributed by atoms with van der Waals surface area (Å²) < 4.78 is 70.8. The van der Waals surface area contributed by atoms with Crippen molar-refractivity contribution >= 4 is 21.4 Å². The fraction of sp³-hybridized carbons (Fsp3) is 0.400. The van der Waals surface area contributed by atoms with Crippen LogP contribution in [0.4, 0.5) is 13.2 Å². The van der Waals surface area contributed by atoms with Crippen LogP contribution in [0.25, 0.3) is 0 Å². The maximum Gasteiger partial charge on any atom is 0.417 e. The highest BCUT2D eigenvalue weighted by molar-refractivity contribution is 7.90. The summed E-state index contributed by atoms with van der Waals surface area (Å²) in [7, 11) is -3.62. The third-order valence-electron chi connectivity index (χ3n) is 6.58. The van der Waals surface area contributed by atoms with Crippen LogP contribution < -0.4 is 4.74 Å². The second-order valence-corrected chi connectivity index (χ2v) is 12.9. The fourth-order valence-electron chi connectivity index (χ4n) is 4.55. The van der Waals surface area contributed by atoms with Crippen LogP contribution in [-0.4, -0.2) is 44.4 Å². The second-order valence-electron chi connectivity index (χ2n) is 10.5. The Morgan fingerprint density at radius 1 is 1.00 bits per heavy atom. The molecule has 0 amide bonds. The van der Waals surface area contributed by atoms with Gasteiger partial charge in [-0.1, -0.05) is 67.1 Å². The Kier molecular flexibility index (Phi) is 10.3. The number of alkyl halides is 3. The lowest BCUT2D eigenvalue weighted by molar-refractivity contribution is -0.137. The Bertz CT molecular complexity index is 1390. The first kappa shape index (κ1) is 31.9. The molecule has 0 bridgehead atoms. The lowest BCUT2D eigenvalue weighted by Gasteiger charge is -2.27. The molecule has 218 valence electrons. The minimum Gasteiger partial charge on any atom is -0.494 e. The fourth-order valence-corrected chi connectivity index (χ4v) is 5.89. The lowest BCUT2D eigenvalue weighted by Crippen LogP contribution is -2.30. The molecule has 0 fully saturated rings. The van der Waals surface area contributed by atoms with Gasteiger partial charge in [-0.3, -0.25) is 4.90 Å². The van der Waals surface area contributed by atoms with Gasteiger partial charge in [0.2, 0.25) is 0 Å². The number of hydrogen-bond acceptors (Lipinski definition) is 5. The summed E-state index contributed by atoms with van der Waals surface area (Å²) in [6.45, 7) is 6.64. The van der Waals surface area contributed by atoms with Gasteiger partial charge in [0, 0.05) is 31.5 Å². The number of aliphatic hydroxyl groups is 1. The molecular formula is C30H35ClF3NO4S. The quantitative estimate of drug-likeness (QED) is 0.226. The highest BCUT2D eigenvalue weighted by atomic mass is 35.5. The number of benzene rings is 3. The molecular weight excluding hydrogens is 563 g/mol. The molecule has 0 aliphatic rings. The highest BCUT2D eigenvalue weighted by Crippen LogP contribution is 2.37. The molecule has 0 aliphatic heterocycles. The molecule has 40 heavy (non-hydrogen) atoms. The molecule has 0 saturated heterocycles. The third-order valence-corrected chi connectivity index (χ3v) is 8.16. The summed E-state index contributed by atoms with van der Waals surface area (Å²) in [5.41, 5.74) is -0.433. The minimum absolute atomic E-state index is 0.00463. The van der Waals surface area contributed by atoms with Crippen molar-refractivity contribution in [1.82, 2.24) is 4.90 Å². The molecule has 1 unspecified atom stereocenters. The first-order valence-corrected chi connectivity index (χ1v) is 15.2. The normalized spacial score (nSPS) is 13.4. The van der Waals surface area contributed by atoms with Crippen LogP contribution in [0.15, 0.2) is 71.6 Å². The van der Waals surface area contributed by atoms with Crippen LogP contribution >= 0.6 is 11.6 Å². The summed E-state index contributed by atoms with van der Waals surface area (Å²) in [6, 6.07) is 18.3. The summed E-state index contributed by atoms with van der Waals surface area (Å²) in [5, 5.41) is 10.1. The number of sulfone groups is 1. The number of hydrogen-bond donors (Lipinski definition) is 1. The molecule has 3 aromatic rings. The molecule has 0 heterocycles. The first-order valence-electron chi connectivity index (χ1n) is 12.9. The molecule has 5 nitrogen and oxygen atoms in total. The monoisotopic (exact) mass is 597 g/mol. The van der Waals surface area contributed by atoms with Gasteiger partial charge in [-0.2, -0.15) is 13.2 Å². The molecule has 3 aromatic carbocycles. The van der Waals surface area contributed by atoms with Crippen molar-refractivity contribution in [1.29, 1.82) is 0 Å². The van der Waals surface area contributed by atoms with Crippen molar-refractivity contribution in [2.24, 2.45) is 0 Å². The molecule has 10 heteroatoms. The van der Waals surface area contributed by atoms with E-state index in [4.69, 9.17) is 16.3 Å². The highest BCUT2D eigenvalue weighted by Gasteiger charge is 2.34. The van der Waals surface area contributed by atoms with Gasteiger partial charge in [0.1, 0.15) is 5.75 Å². The number of ether oxygens (including phenoxy) is 1. The average molecular weight is 598 g/mol. The summed E-state index contributed by atoms with van der Waals surface area (Å²) in [4.78, 5) is 2.04. The smallest absolute Gasteiger partial charge is 0.417 e. The Balaban J connectivity index is 1.75. The minimum atomic E-state index is -4.55. The van der Waals surface area contributed by atoms with Crippen molar-refractivity contribution in [3.8, 4) is 5.75 Å². The molecule has 1 atom stereocenters. The molecule has 0 aliphatic carbocycles. The Morgan fingerprint density at radius 3 is 2.27 bits per heavy atom. The first-order chi connectivity index (χ1) is 18.6. The molecule has 0 radical (unpaired) electrons. The number of halogens is 4. The van der Waals surface area contributed by atoms with Gasteiger partial charge in [0.25, 0.3) is 0 Å². The predicted molar refractivity (Wildman–Crippen MR) is 151 cm³/mol. The van der Waals surface area contributed by atoms with E-state index in [9.17, 15) is 26.7 Å². The summed E-state index contributed by atoms with van der Waals surface area (Å²) >= 11 is 6.19. The summed E-state index contributed by atoms with van der Waals surface area (Å²) in [6.07, 6.45) is -2.94. The van der Waals surface area contributed by atoms with Crippen LogP contribution in [-0.2, 0) is 28.2 Å². The Labute approximate surface area is 239 Å². The van der Waals surface area contributed by atoms with E-state index < -0.39 is 27.2 Å². The molecule has 3 rings (SSSR count). The van der Waals surface area contributed by atoms with E-state index in [0.717, 1.165) is 17.9 Å².